The summed E-state index contributed by atoms with van der Waals surface area (Å²) in [6.45, 7) is 0.833. The van der Waals surface area contributed by atoms with Gasteiger partial charge in [-0.2, -0.15) is 10.1 Å². The fourth-order valence-corrected chi connectivity index (χ4v) is 3.02. The van der Waals surface area contributed by atoms with Crippen molar-refractivity contribution in [1.82, 2.24) is 20.2 Å². The number of hydrogen-bond acceptors (Lipinski definition) is 4. The Labute approximate surface area is 127 Å². The van der Waals surface area contributed by atoms with E-state index in [0.29, 0.717) is 17.0 Å². The number of H-pyrrole nitrogens is 2. The Balaban J connectivity index is 1.64. The molecule has 1 aromatic carbocycles. The summed E-state index contributed by atoms with van der Waals surface area (Å²) in [7, 11) is 1.96. The van der Waals surface area contributed by atoms with Crippen molar-refractivity contribution in [3.05, 3.63) is 52.4 Å². The molecule has 6 heteroatoms. The number of nitrogens with zero attached hydrogens (tertiary/aromatic N) is 3. The Morgan fingerprint density at radius 3 is 2.77 bits per heavy atom. The van der Waals surface area contributed by atoms with Crippen molar-refractivity contribution in [3.8, 4) is 0 Å². The van der Waals surface area contributed by atoms with Crippen molar-refractivity contribution >= 4 is 17.0 Å². The van der Waals surface area contributed by atoms with E-state index in [1.807, 2.05) is 18.0 Å². The number of nitrogens with one attached hydrogen (secondary N) is 2. The number of rotatable bonds is 4. The highest BCUT2D eigenvalue weighted by atomic mass is 16.1. The summed E-state index contributed by atoms with van der Waals surface area (Å²) in [5.41, 5.74) is 1.89. The maximum absolute atomic E-state index is 12.0. The summed E-state index contributed by atoms with van der Waals surface area (Å²) >= 11 is 0. The second-order valence-corrected chi connectivity index (χ2v) is 6.02. The summed E-state index contributed by atoms with van der Waals surface area (Å²) in [6, 6.07) is 10.5. The summed E-state index contributed by atoms with van der Waals surface area (Å²) in [5.74, 6) is 0.573. The van der Waals surface area contributed by atoms with Crippen LogP contribution in [0.1, 0.15) is 18.4 Å². The summed E-state index contributed by atoms with van der Waals surface area (Å²) in [6.07, 6.45) is 3.83. The van der Waals surface area contributed by atoms with Gasteiger partial charge in [-0.1, -0.05) is 30.3 Å². The lowest BCUT2D eigenvalue weighted by Crippen LogP contribution is -2.31. The zero-order chi connectivity index (χ0) is 15.2. The quantitative estimate of drug-likeness (QED) is 0.769. The third kappa shape index (κ3) is 2.07. The first-order valence-electron chi connectivity index (χ1n) is 7.38. The van der Waals surface area contributed by atoms with Crippen LogP contribution in [-0.4, -0.2) is 33.8 Å². The molecule has 4 rings (SSSR count). The molecule has 1 aliphatic carbocycles. The number of likely N-dealkylation sites (N-methyl/N-ethyl adjacent to an activating group) is 1. The van der Waals surface area contributed by atoms with Gasteiger partial charge < -0.3 is 4.90 Å². The number of aromatic nitrogens is 4. The molecule has 2 aromatic heterocycles. The maximum atomic E-state index is 12.0. The Morgan fingerprint density at radius 1 is 1.27 bits per heavy atom. The summed E-state index contributed by atoms with van der Waals surface area (Å²) < 4.78 is 0. The lowest BCUT2D eigenvalue weighted by atomic mass is 9.95. The molecule has 0 spiro atoms. The smallest absolute Gasteiger partial charge is 0.263 e. The number of benzene rings is 1. The van der Waals surface area contributed by atoms with Gasteiger partial charge in [0.2, 0.25) is 5.95 Å². The second kappa shape index (κ2) is 4.69. The zero-order valence-electron chi connectivity index (χ0n) is 12.3. The number of fused-ring (bicyclic) bond motifs is 1. The third-order valence-electron chi connectivity index (χ3n) is 4.45. The average Bonchev–Trinajstić information content (AvgIpc) is 3.15. The van der Waals surface area contributed by atoms with Gasteiger partial charge in [0.1, 0.15) is 5.39 Å². The van der Waals surface area contributed by atoms with E-state index >= 15 is 0 Å². The van der Waals surface area contributed by atoms with Gasteiger partial charge in [-0.15, -0.1) is 0 Å². The van der Waals surface area contributed by atoms with E-state index in [9.17, 15) is 4.79 Å². The Bertz CT molecular complexity index is 863. The van der Waals surface area contributed by atoms with Gasteiger partial charge in [0.05, 0.1) is 6.20 Å². The van der Waals surface area contributed by atoms with Gasteiger partial charge in [-0.05, 0) is 18.4 Å². The first-order chi connectivity index (χ1) is 10.7. The Morgan fingerprint density at radius 2 is 2.05 bits per heavy atom. The van der Waals surface area contributed by atoms with E-state index in [1.54, 1.807) is 0 Å². The van der Waals surface area contributed by atoms with E-state index < -0.39 is 0 Å². The van der Waals surface area contributed by atoms with Crippen LogP contribution < -0.4 is 10.5 Å². The fraction of sp³-hybridized carbons (Fsp3) is 0.312. The highest BCUT2D eigenvalue weighted by molar-refractivity contribution is 5.73. The first-order valence-corrected chi connectivity index (χ1v) is 7.38. The Hall–Kier alpha value is -2.63. The van der Waals surface area contributed by atoms with Gasteiger partial charge in [-0.25, -0.2) is 0 Å². The van der Waals surface area contributed by atoms with Crippen molar-refractivity contribution in [2.45, 2.75) is 18.3 Å². The molecule has 0 amide bonds. The molecule has 2 heterocycles. The monoisotopic (exact) mass is 295 g/mol. The molecular weight excluding hydrogens is 278 g/mol. The topological polar surface area (TPSA) is 77.7 Å². The molecule has 22 heavy (non-hydrogen) atoms. The van der Waals surface area contributed by atoms with Gasteiger partial charge in [-0.3, -0.25) is 14.9 Å². The number of aromatic amines is 2. The van der Waals surface area contributed by atoms with E-state index in [4.69, 9.17) is 0 Å². The molecule has 3 aromatic rings. The largest absolute Gasteiger partial charge is 0.344 e. The molecule has 112 valence electrons. The molecule has 1 aliphatic rings. The highest BCUT2D eigenvalue weighted by Gasteiger charge is 2.45. The molecular formula is C16H17N5O. The van der Waals surface area contributed by atoms with Crippen LogP contribution in [0.2, 0.25) is 0 Å². The van der Waals surface area contributed by atoms with Crippen LogP contribution in [0.4, 0.5) is 5.95 Å². The third-order valence-corrected chi connectivity index (χ3v) is 4.45. The van der Waals surface area contributed by atoms with E-state index in [-0.39, 0.29) is 11.0 Å². The average molecular weight is 295 g/mol. The van der Waals surface area contributed by atoms with Crippen LogP contribution in [0, 0.1) is 0 Å². The highest BCUT2D eigenvalue weighted by Crippen LogP contribution is 2.48. The molecule has 0 saturated heterocycles. The van der Waals surface area contributed by atoms with E-state index in [0.717, 1.165) is 19.4 Å². The van der Waals surface area contributed by atoms with Crippen LogP contribution in [-0.2, 0) is 5.41 Å². The van der Waals surface area contributed by atoms with Gasteiger partial charge in [0.15, 0.2) is 5.65 Å². The van der Waals surface area contributed by atoms with Crippen molar-refractivity contribution in [2.75, 3.05) is 18.5 Å². The number of anilines is 1. The van der Waals surface area contributed by atoms with Gasteiger partial charge in [0.25, 0.3) is 5.56 Å². The van der Waals surface area contributed by atoms with Crippen molar-refractivity contribution in [2.24, 2.45) is 0 Å². The van der Waals surface area contributed by atoms with Crippen LogP contribution in [0.25, 0.3) is 11.0 Å². The minimum atomic E-state index is -0.162. The molecule has 1 saturated carbocycles. The van der Waals surface area contributed by atoms with Crippen molar-refractivity contribution in [3.63, 3.8) is 0 Å². The Kier molecular flexibility index (Phi) is 2.79. The van der Waals surface area contributed by atoms with Gasteiger partial charge in [0, 0.05) is 19.0 Å². The van der Waals surface area contributed by atoms with Crippen LogP contribution in [0.5, 0.6) is 0 Å². The number of hydrogen-bond donors (Lipinski definition) is 2. The van der Waals surface area contributed by atoms with E-state index in [1.165, 1.54) is 11.8 Å². The standard InChI is InChI=1S/C16H17N5O/c1-21(10-16(7-8-16)11-5-3-2-4-6-11)15-18-13-12(9-17-20-13)14(22)19-15/h2-6,9H,7-8,10H2,1H3,(H2,17,18,19,20,22). The SMILES string of the molecule is CN(CC1(c2ccccc2)CC1)c1nc2[nH]ncc2c(=O)[nH]1. The van der Waals surface area contributed by atoms with Gasteiger partial charge >= 0.3 is 0 Å². The molecule has 2 N–H and O–H groups in total. The lowest BCUT2D eigenvalue weighted by Gasteiger charge is -2.24. The molecule has 0 bridgehead atoms. The molecule has 6 nitrogen and oxygen atoms in total. The predicted molar refractivity (Wildman–Crippen MR) is 85.1 cm³/mol. The predicted octanol–water partition coefficient (Wildman–Crippen LogP) is 1.81. The minimum absolute atomic E-state index is 0.162. The molecule has 0 atom stereocenters. The van der Waals surface area contributed by atoms with E-state index in [2.05, 4.69) is 44.4 Å². The molecule has 0 aliphatic heterocycles. The maximum Gasteiger partial charge on any atom is 0.263 e. The van der Waals surface area contributed by atoms with Crippen LogP contribution in [0.15, 0.2) is 41.3 Å². The zero-order valence-corrected chi connectivity index (χ0v) is 12.3. The fourth-order valence-electron chi connectivity index (χ4n) is 3.02. The lowest BCUT2D eigenvalue weighted by molar-refractivity contribution is 0.663. The first kappa shape index (κ1) is 13.1. The van der Waals surface area contributed by atoms with Crippen molar-refractivity contribution < 1.29 is 0 Å². The summed E-state index contributed by atoms with van der Waals surface area (Å²) in [4.78, 5) is 21.3. The summed E-state index contributed by atoms with van der Waals surface area (Å²) in [5, 5.41) is 7.12. The minimum Gasteiger partial charge on any atom is -0.344 e. The van der Waals surface area contributed by atoms with Crippen LogP contribution in [0.3, 0.4) is 0 Å². The normalized spacial score (nSPS) is 15.9. The molecule has 0 unspecified atom stereocenters. The molecule has 0 radical (unpaired) electrons. The van der Waals surface area contributed by atoms with Crippen LogP contribution >= 0.6 is 0 Å². The molecule has 1 fully saturated rings. The second-order valence-electron chi connectivity index (χ2n) is 6.02. The van der Waals surface area contributed by atoms with Crippen molar-refractivity contribution in [1.29, 1.82) is 0 Å².